The van der Waals surface area contributed by atoms with Crippen molar-refractivity contribution in [2.75, 3.05) is 19.6 Å². The summed E-state index contributed by atoms with van der Waals surface area (Å²) in [5.41, 5.74) is 0.936. The molecule has 4 nitrogen and oxygen atoms in total. The van der Waals surface area contributed by atoms with Crippen LogP contribution in [0.25, 0.3) is 0 Å². The molecule has 0 spiro atoms. The molecule has 1 atom stereocenters. The molecule has 1 heterocycles. The van der Waals surface area contributed by atoms with Gasteiger partial charge < -0.3 is 15.3 Å². The lowest BCUT2D eigenvalue weighted by molar-refractivity contribution is 0.188. The third-order valence-corrected chi connectivity index (χ3v) is 3.80. The third-order valence-electron chi connectivity index (χ3n) is 3.21. The molecule has 1 aliphatic rings. The van der Waals surface area contributed by atoms with Gasteiger partial charge in [-0.25, -0.2) is 4.99 Å². The number of hydrogen-bond acceptors (Lipinski definition) is 2. The zero-order valence-corrected chi connectivity index (χ0v) is 13.0. The molecule has 20 heavy (non-hydrogen) atoms. The fourth-order valence-electron chi connectivity index (χ4n) is 2.17. The van der Waals surface area contributed by atoms with Gasteiger partial charge in [-0.05, 0) is 31.0 Å². The van der Waals surface area contributed by atoms with Crippen LogP contribution in [-0.2, 0) is 6.54 Å². The first-order valence-corrected chi connectivity index (χ1v) is 7.51. The number of rotatable bonds is 3. The van der Waals surface area contributed by atoms with Gasteiger partial charge in [-0.15, -0.1) is 0 Å². The summed E-state index contributed by atoms with van der Waals surface area (Å²) < 4.78 is 0. The highest BCUT2D eigenvalue weighted by atomic mass is 35.5. The molecule has 0 saturated carbocycles. The molecule has 2 N–H and O–H groups in total. The summed E-state index contributed by atoms with van der Waals surface area (Å²) in [6.45, 7) is 4.75. The number of likely N-dealkylation sites (tertiary alicyclic amines) is 1. The standard InChI is InChI=1S/C14H19Cl2N3O/c1-2-17-14(19-6-5-12(20)9-19)18-8-10-3-4-11(15)7-13(10)16/h3-4,7,12,20H,2,5-6,8-9H2,1H3,(H,17,18)/t12-/m1/s1. The number of nitrogens with one attached hydrogen (secondary N) is 1. The Labute approximate surface area is 129 Å². The van der Waals surface area contributed by atoms with Crippen molar-refractivity contribution >= 4 is 29.2 Å². The van der Waals surface area contributed by atoms with Gasteiger partial charge in [0.2, 0.25) is 0 Å². The number of aliphatic hydroxyl groups excluding tert-OH is 1. The van der Waals surface area contributed by atoms with Gasteiger partial charge in [-0.1, -0.05) is 29.3 Å². The third kappa shape index (κ3) is 4.01. The van der Waals surface area contributed by atoms with Crippen molar-refractivity contribution in [1.29, 1.82) is 0 Å². The van der Waals surface area contributed by atoms with Crippen LogP contribution in [0.2, 0.25) is 10.0 Å². The fourth-order valence-corrected chi connectivity index (χ4v) is 2.64. The normalized spacial score (nSPS) is 19.5. The predicted molar refractivity (Wildman–Crippen MR) is 83.5 cm³/mol. The topological polar surface area (TPSA) is 47.9 Å². The Kier molecular flexibility index (Phi) is 5.52. The van der Waals surface area contributed by atoms with E-state index in [1.807, 2.05) is 19.1 Å². The van der Waals surface area contributed by atoms with Gasteiger partial charge in [-0.2, -0.15) is 0 Å². The lowest BCUT2D eigenvalue weighted by Gasteiger charge is -2.21. The van der Waals surface area contributed by atoms with E-state index in [0.717, 1.165) is 31.0 Å². The molecule has 0 aliphatic carbocycles. The van der Waals surface area contributed by atoms with Crippen LogP contribution in [-0.4, -0.2) is 41.7 Å². The average Bonchev–Trinajstić information content (AvgIpc) is 2.83. The first-order valence-electron chi connectivity index (χ1n) is 6.75. The van der Waals surface area contributed by atoms with E-state index in [1.54, 1.807) is 6.07 Å². The minimum Gasteiger partial charge on any atom is -0.391 e. The van der Waals surface area contributed by atoms with E-state index in [2.05, 4.69) is 15.2 Å². The van der Waals surface area contributed by atoms with E-state index < -0.39 is 0 Å². The predicted octanol–water partition coefficient (Wildman–Crippen LogP) is 2.53. The summed E-state index contributed by atoms with van der Waals surface area (Å²) in [7, 11) is 0. The second-order valence-corrected chi connectivity index (χ2v) is 5.64. The van der Waals surface area contributed by atoms with E-state index in [9.17, 15) is 5.11 Å². The molecule has 0 bridgehead atoms. The summed E-state index contributed by atoms with van der Waals surface area (Å²) in [6, 6.07) is 5.42. The van der Waals surface area contributed by atoms with Crippen LogP contribution < -0.4 is 5.32 Å². The molecule has 0 unspecified atom stereocenters. The van der Waals surface area contributed by atoms with Crippen molar-refractivity contribution in [3.05, 3.63) is 33.8 Å². The first-order chi connectivity index (χ1) is 9.60. The average molecular weight is 316 g/mol. The smallest absolute Gasteiger partial charge is 0.194 e. The molecule has 2 rings (SSSR count). The minimum atomic E-state index is -0.266. The van der Waals surface area contributed by atoms with Crippen LogP contribution in [0.1, 0.15) is 18.9 Å². The summed E-state index contributed by atoms with van der Waals surface area (Å²) in [5.74, 6) is 0.815. The van der Waals surface area contributed by atoms with Crippen molar-refractivity contribution in [1.82, 2.24) is 10.2 Å². The second-order valence-electron chi connectivity index (χ2n) is 4.79. The van der Waals surface area contributed by atoms with Gasteiger partial charge in [0.15, 0.2) is 5.96 Å². The maximum absolute atomic E-state index is 9.62. The van der Waals surface area contributed by atoms with Crippen LogP contribution in [0.3, 0.4) is 0 Å². The van der Waals surface area contributed by atoms with Crippen LogP contribution in [0.15, 0.2) is 23.2 Å². The Morgan fingerprint density at radius 2 is 2.30 bits per heavy atom. The molecule has 1 aliphatic heterocycles. The SMILES string of the molecule is CCNC(=NCc1ccc(Cl)cc1Cl)N1CC[C@@H](O)C1. The zero-order valence-electron chi connectivity index (χ0n) is 11.4. The number of nitrogens with zero attached hydrogens (tertiary/aromatic N) is 2. The Bertz CT molecular complexity index is 493. The molecule has 0 aromatic heterocycles. The molecule has 1 saturated heterocycles. The maximum atomic E-state index is 9.62. The largest absolute Gasteiger partial charge is 0.391 e. The molecule has 0 radical (unpaired) electrons. The van der Waals surface area contributed by atoms with E-state index in [4.69, 9.17) is 23.2 Å². The highest BCUT2D eigenvalue weighted by Gasteiger charge is 2.22. The summed E-state index contributed by atoms with van der Waals surface area (Å²) in [6.07, 6.45) is 0.518. The number of β-amino-alcohol motifs (C(OH)–C–C–N with tert-alkyl or cyclic N) is 1. The molecular formula is C14H19Cl2N3O. The molecule has 1 fully saturated rings. The quantitative estimate of drug-likeness (QED) is 0.665. The van der Waals surface area contributed by atoms with Gasteiger partial charge in [0.1, 0.15) is 0 Å². The molecular weight excluding hydrogens is 297 g/mol. The van der Waals surface area contributed by atoms with Crippen molar-refractivity contribution < 1.29 is 5.11 Å². The van der Waals surface area contributed by atoms with Crippen LogP contribution >= 0.6 is 23.2 Å². The van der Waals surface area contributed by atoms with Gasteiger partial charge in [0, 0.05) is 29.7 Å². The van der Waals surface area contributed by atoms with Crippen LogP contribution in [0.5, 0.6) is 0 Å². The molecule has 110 valence electrons. The molecule has 1 aromatic rings. The molecule has 6 heteroatoms. The maximum Gasteiger partial charge on any atom is 0.194 e. The van der Waals surface area contributed by atoms with E-state index in [-0.39, 0.29) is 6.10 Å². The fraction of sp³-hybridized carbons (Fsp3) is 0.500. The highest BCUT2D eigenvalue weighted by molar-refractivity contribution is 6.35. The van der Waals surface area contributed by atoms with E-state index in [0.29, 0.717) is 23.1 Å². The monoisotopic (exact) mass is 315 g/mol. The number of hydrogen-bond donors (Lipinski definition) is 2. The van der Waals surface area contributed by atoms with Gasteiger partial charge >= 0.3 is 0 Å². The number of aliphatic imine (C=N–C) groups is 1. The van der Waals surface area contributed by atoms with Gasteiger partial charge in [0.25, 0.3) is 0 Å². The van der Waals surface area contributed by atoms with Crippen LogP contribution in [0.4, 0.5) is 0 Å². The van der Waals surface area contributed by atoms with E-state index in [1.165, 1.54) is 0 Å². The lowest BCUT2D eigenvalue weighted by atomic mass is 10.2. The number of benzene rings is 1. The van der Waals surface area contributed by atoms with Gasteiger partial charge in [0.05, 0.1) is 12.6 Å². The highest BCUT2D eigenvalue weighted by Crippen LogP contribution is 2.21. The minimum absolute atomic E-state index is 0.266. The van der Waals surface area contributed by atoms with E-state index >= 15 is 0 Å². The Morgan fingerprint density at radius 1 is 1.50 bits per heavy atom. The zero-order chi connectivity index (χ0) is 14.5. The second kappa shape index (κ2) is 7.16. The lowest BCUT2D eigenvalue weighted by Crippen LogP contribution is -2.40. The molecule has 0 amide bonds. The Balaban J connectivity index is 2.08. The summed E-state index contributed by atoms with van der Waals surface area (Å²) >= 11 is 12.0. The van der Waals surface area contributed by atoms with Gasteiger partial charge in [-0.3, -0.25) is 0 Å². The Hall–Kier alpha value is -0.970. The first kappa shape index (κ1) is 15.4. The van der Waals surface area contributed by atoms with Crippen molar-refractivity contribution in [3.63, 3.8) is 0 Å². The number of halogens is 2. The summed E-state index contributed by atoms with van der Waals surface area (Å²) in [4.78, 5) is 6.65. The van der Waals surface area contributed by atoms with Crippen molar-refractivity contribution in [2.24, 2.45) is 4.99 Å². The number of guanidine groups is 1. The number of aliphatic hydroxyl groups is 1. The Morgan fingerprint density at radius 3 is 2.90 bits per heavy atom. The summed E-state index contributed by atoms with van der Waals surface area (Å²) in [5, 5.41) is 14.1. The molecule has 1 aromatic carbocycles. The van der Waals surface area contributed by atoms with Crippen molar-refractivity contribution in [2.45, 2.75) is 26.0 Å². The van der Waals surface area contributed by atoms with Crippen molar-refractivity contribution in [3.8, 4) is 0 Å². The van der Waals surface area contributed by atoms with Crippen LogP contribution in [0, 0.1) is 0 Å².